The summed E-state index contributed by atoms with van der Waals surface area (Å²) in [5.74, 6) is 0. The molecule has 0 spiro atoms. The zero-order valence-electron chi connectivity index (χ0n) is 11.9. The summed E-state index contributed by atoms with van der Waals surface area (Å²) >= 11 is 0. The van der Waals surface area contributed by atoms with Crippen LogP contribution in [-0.2, 0) is 21.7 Å². The molecule has 0 aliphatic heterocycles. The van der Waals surface area contributed by atoms with E-state index in [0.29, 0.717) is 0 Å². The number of aryl methyl sites for hydroxylation is 1. The number of hydrogen-bond acceptors (Lipinski definition) is 2. The lowest BCUT2D eigenvalue weighted by molar-refractivity contribution is -0.139. The summed E-state index contributed by atoms with van der Waals surface area (Å²) in [7, 11) is -4.71. The van der Waals surface area contributed by atoms with Crippen molar-refractivity contribution >= 4 is 10.1 Å². The molecule has 3 nitrogen and oxygen atoms in total. The van der Waals surface area contributed by atoms with Crippen LogP contribution in [-0.4, -0.2) is 13.0 Å². The molecule has 1 aromatic carbocycles. The summed E-state index contributed by atoms with van der Waals surface area (Å²) in [6.45, 7) is 7.27. The molecule has 0 aliphatic carbocycles. The Hall–Kier alpha value is -1.08. The highest BCUT2D eigenvalue weighted by Crippen LogP contribution is 2.42. The average Bonchev–Trinajstić information content (AvgIpc) is 2.09. The Kier molecular flexibility index (Phi) is 4.02. The van der Waals surface area contributed by atoms with Gasteiger partial charge in [-0.2, -0.15) is 21.6 Å². The summed E-state index contributed by atoms with van der Waals surface area (Å²) in [6, 6.07) is 1.18. The van der Waals surface area contributed by atoms with E-state index in [1.165, 1.54) is 13.0 Å². The van der Waals surface area contributed by atoms with Gasteiger partial charge in [-0.15, -0.1) is 0 Å². The summed E-state index contributed by atoms with van der Waals surface area (Å²) in [6.07, 6.45) is -4.69. The molecule has 1 rings (SSSR count). The van der Waals surface area contributed by atoms with Gasteiger partial charge in [0.15, 0.2) is 0 Å². The second kappa shape index (κ2) is 4.73. The minimum atomic E-state index is -4.71. The quantitative estimate of drug-likeness (QED) is 0.801. The van der Waals surface area contributed by atoms with Crippen LogP contribution in [0.15, 0.2) is 11.0 Å². The molecule has 0 bridgehead atoms. The van der Waals surface area contributed by atoms with Crippen molar-refractivity contribution in [1.82, 2.24) is 0 Å². The van der Waals surface area contributed by atoms with E-state index in [4.69, 9.17) is 4.55 Å². The maximum Gasteiger partial charge on any atom is 0.416 e. The van der Waals surface area contributed by atoms with Gasteiger partial charge in [-0.25, -0.2) is 0 Å². The van der Waals surface area contributed by atoms with Gasteiger partial charge >= 0.3 is 6.18 Å². The molecular formula is C13H17F3O3S. The molecule has 0 fully saturated rings. The third-order valence-electron chi connectivity index (χ3n) is 3.05. The number of hydrogen-bond donors (Lipinski definition) is 1. The summed E-state index contributed by atoms with van der Waals surface area (Å²) in [5, 5.41) is 0. The number of alkyl halides is 3. The van der Waals surface area contributed by atoms with Gasteiger partial charge in [-0.3, -0.25) is 4.55 Å². The van der Waals surface area contributed by atoms with Crippen LogP contribution in [0.1, 0.15) is 43.0 Å². The van der Waals surface area contributed by atoms with Crippen molar-refractivity contribution in [3.63, 3.8) is 0 Å². The first-order chi connectivity index (χ1) is 8.67. The van der Waals surface area contributed by atoms with Crippen LogP contribution in [0.2, 0.25) is 0 Å². The van der Waals surface area contributed by atoms with Crippen molar-refractivity contribution in [2.45, 2.75) is 51.1 Å². The Morgan fingerprint density at radius 2 is 1.55 bits per heavy atom. The molecule has 0 aliphatic rings. The van der Waals surface area contributed by atoms with Gasteiger partial charge in [0.05, 0.1) is 5.56 Å². The third kappa shape index (κ3) is 3.15. The molecular weight excluding hydrogens is 293 g/mol. The molecule has 0 amide bonds. The Bertz CT molecular complexity index is 638. The lowest BCUT2D eigenvalue weighted by Gasteiger charge is -2.27. The summed E-state index contributed by atoms with van der Waals surface area (Å²) < 4.78 is 71.5. The van der Waals surface area contributed by atoms with Gasteiger partial charge < -0.3 is 0 Å². The second-order valence-corrected chi connectivity index (χ2v) is 7.15. The van der Waals surface area contributed by atoms with Gasteiger partial charge in [0.25, 0.3) is 10.1 Å². The monoisotopic (exact) mass is 310 g/mol. The smallest absolute Gasteiger partial charge is 0.282 e. The maximum atomic E-state index is 13.3. The van der Waals surface area contributed by atoms with Crippen LogP contribution in [0.5, 0.6) is 0 Å². The zero-order valence-corrected chi connectivity index (χ0v) is 12.7. The second-order valence-electron chi connectivity index (χ2n) is 5.79. The van der Waals surface area contributed by atoms with Gasteiger partial charge in [-0.1, -0.05) is 26.8 Å². The molecule has 0 heterocycles. The summed E-state index contributed by atoms with van der Waals surface area (Å²) in [5.41, 5.74) is -2.17. The van der Waals surface area contributed by atoms with Crippen molar-refractivity contribution in [3.05, 3.63) is 28.3 Å². The fourth-order valence-electron chi connectivity index (χ4n) is 2.32. The standard InChI is InChI=1S/C13H17F3O3S/c1-7-6-9(12(3,4)5)10(13(14,15)16)8(2)11(7)20(17,18)19/h6H,1-5H3,(H,17,18,19). The molecule has 7 heteroatoms. The van der Waals surface area contributed by atoms with Crippen LogP contribution in [0, 0.1) is 13.8 Å². The first kappa shape index (κ1) is 17.0. The van der Waals surface area contributed by atoms with Crippen molar-refractivity contribution in [3.8, 4) is 0 Å². The molecule has 0 radical (unpaired) electrons. The first-order valence-corrected chi connectivity index (χ1v) is 7.30. The van der Waals surface area contributed by atoms with Gasteiger partial charge in [0, 0.05) is 0 Å². The van der Waals surface area contributed by atoms with E-state index in [0.717, 1.165) is 6.92 Å². The average molecular weight is 310 g/mol. The highest BCUT2D eigenvalue weighted by molar-refractivity contribution is 7.86. The number of rotatable bonds is 1. The SMILES string of the molecule is Cc1cc(C(C)(C)C)c(C(F)(F)F)c(C)c1S(=O)(=O)O. The van der Waals surface area contributed by atoms with E-state index in [2.05, 4.69) is 0 Å². The Morgan fingerprint density at radius 1 is 1.10 bits per heavy atom. The van der Waals surface area contributed by atoms with Crippen molar-refractivity contribution in [2.24, 2.45) is 0 Å². The normalized spacial score (nSPS) is 13.7. The Morgan fingerprint density at radius 3 is 1.85 bits per heavy atom. The van der Waals surface area contributed by atoms with E-state index in [9.17, 15) is 21.6 Å². The van der Waals surface area contributed by atoms with Crippen LogP contribution in [0.25, 0.3) is 0 Å². The fourth-order valence-corrected chi connectivity index (χ4v) is 3.27. The van der Waals surface area contributed by atoms with Crippen molar-refractivity contribution in [2.75, 3.05) is 0 Å². The van der Waals surface area contributed by atoms with Crippen LogP contribution in [0.3, 0.4) is 0 Å². The predicted octanol–water partition coefficient (Wildman–Crippen LogP) is 3.87. The topological polar surface area (TPSA) is 54.4 Å². The van der Waals surface area contributed by atoms with Gasteiger partial charge in [0.1, 0.15) is 4.90 Å². The molecule has 0 aromatic heterocycles. The van der Waals surface area contributed by atoms with E-state index in [1.54, 1.807) is 20.8 Å². The fraction of sp³-hybridized carbons (Fsp3) is 0.538. The molecule has 0 atom stereocenters. The minimum absolute atomic E-state index is 0.00685. The van der Waals surface area contributed by atoms with Crippen molar-refractivity contribution < 1.29 is 26.1 Å². The van der Waals surface area contributed by atoms with E-state index >= 15 is 0 Å². The van der Waals surface area contributed by atoms with Crippen LogP contribution in [0.4, 0.5) is 13.2 Å². The van der Waals surface area contributed by atoms with Gasteiger partial charge in [-0.05, 0) is 36.0 Å². The Balaban J connectivity index is 3.97. The molecule has 0 saturated heterocycles. The largest absolute Gasteiger partial charge is 0.416 e. The Labute approximate surface area is 116 Å². The van der Waals surface area contributed by atoms with Gasteiger partial charge in [0.2, 0.25) is 0 Å². The highest BCUT2D eigenvalue weighted by atomic mass is 32.2. The lowest BCUT2D eigenvalue weighted by atomic mass is 9.81. The molecule has 114 valence electrons. The number of halogens is 3. The van der Waals surface area contributed by atoms with E-state index < -0.39 is 37.7 Å². The molecule has 1 aromatic rings. The van der Waals surface area contributed by atoms with Crippen molar-refractivity contribution in [1.29, 1.82) is 0 Å². The zero-order chi connectivity index (χ0) is 16.1. The highest BCUT2D eigenvalue weighted by Gasteiger charge is 2.40. The predicted molar refractivity (Wildman–Crippen MR) is 69.4 cm³/mol. The van der Waals surface area contributed by atoms with E-state index in [1.807, 2.05) is 0 Å². The minimum Gasteiger partial charge on any atom is -0.282 e. The summed E-state index contributed by atoms with van der Waals surface area (Å²) in [4.78, 5) is -0.669. The maximum absolute atomic E-state index is 13.3. The third-order valence-corrected chi connectivity index (χ3v) is 4.20. The van der Waals surface area contributed by atoms with Crippen LogP contribution >= 0.6 is 0 Å². The number of benzene rings is 1. The molecule has 0 unspecified atom stereocenters. The molecule has 20 heavy (non-hydrogen) atoms. The molecule has 0 saturated carbocycles. The van der Waals surface area contributed by atoms with E-state index in [-0.39, 0.29) is 11.1 Å². The lowest BCUT2D eigenvalue weighted by Crippen LogP contribution is -2.23. The first-order valence-electron chi connectivity index (χ1n) is 5.86. The molecule has 1 N–H and O–H groups in total. The van der Waals surface area contributed by atoms with Crippen LogP contribution < -0.4 is 0 Å².